The van der Waals surface area contributed by atoms with Crippen LogP contribution >= 0.6 is 0 Å². The van der Waals surface area contributed by atoms with Crippen molar-refractivity contribution in [3.05, 3.63) is 64.2 Å². The van der Waals surface area contributed by atoms with E-state index >= 15 is 0 Å². The summed E-state index contributed by atoms with van der Waals surface area (Å²) < 4.78 is 26.9. The van der Waals surface area contributed by atoms with E-state index in [4.69, 9.17) is 0 Å². The number of anilines is 1. The third-order valence-electron chi connectivity index (χ3n) is 4.92. The summed E-state index contributed by atoms with van der Waals surface area (Å²) in [5, 5.41) is 16.3. The number of nitro groups is 1. The molecule has 1 aliphatic heterocycles. The zero-order chi connectivity index (χ0) is 22.6. The van der Waals surface area contributed by atoms with Crippen molar-refractivity contribution in [2.45, 2.75) is 30.7 Å². The Labute approximate surface area is 179 Å². The highest BCUT2D eigenvalue weighted by molar-refractivity contribution is 7.89. The van der Waals surface area contributed by atoms with Gasteiger partial charge in [-0.15, -0.1) is 0 Å². The van der Waals surface area contributed by atoms with E-state index in [1.54, 1.807) is 24.3 Å². The number of hydrogen-bond donors (Lipinski definition) is 2. The Hall–Kier alpha value is -3.31. The number of carbonyl (C=O) groups excluding carboxylic acids is 2. The number of nitrogens with one attached hydrogen (secondary N) is 2. The maximum absolute atomic E-state index is 12.8. The number of carbonyl (C=O) groups is 2. The number of rotatable bonds is 6. The van der Waals surface area contributed by atoms with Crippen LogP contribution in [0.3, 0.4) is 0 Å². The molecule has 0 aromatic heterocycles. The lowest BCUT2D eigenvalue weighted by Crippen LogP contribution is -2.46. The van der Waals surface area contributed by atoms with E-state index in [9.17, 15) is 28.1 Å². The highest BCUT2D eigenvalue weighted by Crippen LogP contribution is 2.23. The number of piperidine rings is 1. The van der Waals surface area contributed by atoms with Crippen molar-refractivity contribution in [1.29, 1.82) is 0 Å². The molecule has 1 heterocycles. The molecule has 0 radical (unpaired) electrons. The van der Waals surface area contributed by atoms with Crippen LogP contribution in [0.1, 0.15) is 30.1 Å². The summed E-state index contributed by atoms with van der Waals surface area (Å²) in [4.78, 5) is 33.9. The molecule has 0 unspecified atom stereocenters. The fourth-order valence-electron chi connectivity index (χ4n) is 3.34. The van der Waals surface area contributed by atoms with Crippen LogP contribution < -0.4 is 10.6 Å². The van der Waals surface area contributed by atoms with E-state index in [1.165, 1.54) is 23.4 Å². The molecule has 0 bridgehead atoms. The van der Waals surface area contributed by atoms with Gasteiger partial charge in [-0.3, -0.25) is 19.7 Å². The second-order valence-electron chi connectivity index (χ2n) is 7.16. The monoisotopic (exact) mass is 446 g/mol. The number of nitro benzene ring substituents is 1. The molecule has 1 fully saturated rings. The normalized spacial score (nSPS) is 15.3. The summed E-state index contributed by atoms with van der Waals surface area (Å²) >= 11 is 0. The van der Waals surface area contributed by atoms with Gasteiger partial charge in [0, 0.05) is 49.4 Å². The molecule has 2 aromatic carbocycles. The van der Waals surface area contributed by atoms with Gasteiger partial charge in [0.1, 0.15) is 0 Å². The fraction of sp³-hybridized carbons (Fsp3) is 0.300. The maximum Gasteiger partial charge on any atom is 0.269 e. The first-order valence-electron chi connectivity index (χ1n) is 9.60. The molecule has 0 aliphatic carbocycles. The molecule has 1 saturated heterocycles. The molecule has 10 nitrogen and oxygen atoms in total. The molecule has 2 N–H and O–H groups in total. The maximum atomic E-state index is 12.8. The second-order valence-corrected chi connectivity index (χ2v) is 9.10. The topological polar surface area (TPSA) is 139 Å². The van der Waals surface area contributed by atoms with Gasteiger partial charge in [0.2, 0.25) is 15.9 Å². The van der Waals surface area contributed by atoms with Gasteiger partial charge < -0.3 is 10.6 Å². The van der Waals surface area contributed by atoms with E-state index in [-0.39, 0.29) is 41.5 Å². The Morgan fingerprint density at radius 1 is 1.10 bits per heavy atom. The molecule has 11 heteroatoms. The Bertz CT molecular complexity index is 1090. The van der Waals surface area contributed by atoms with Gasteiger partial charge in [-0.05, 0) is 43.2 Å². The van der Waals surface area contributed by atoms with Gasteiger partial charge >= 0.3 is 0 Å². The molecular formula is C20H22N4O6S. The van der Waals surface area contributed by atoms with Gasteiger partial charge in [-0.25, -0.2) is 8.42 Å². The molecule has 2 aromatic rings. The van der Waals surface area contributed by atoms with Crippen LogP contribution in [0.5, 0.6) is 0 Å². The molecule has 31 heavy (non-hydrogen) atoms. The quantitative estimate of drug-likeness (QED) is 0.515. The third-order valence-corrected chi connectivity index (χ3v) is 6.83. The van der Waals surface area contributed by atoms with Crippen LogP contribution in [0.25, 0.3) is 0 Å². The van der Waals surface area contributed by atoms with Crippen LogP contribution in [0.15, 0.2) is 53.4 Å². The highest BCUT2D eigenvalue weighted by atomic mass is 32.2. The largest absolute Gasteiger partial charge is 0.349 e. The lowest BCUT2D eigenvalue weighted by Gasteiger charge is -2.31. The first-order chi connectivity index (χ1) is 14.7. The molecule has 164 valence electrons. The Morgan fingerprint density at radius 2 is 1.74 bits per heavy atom. The Morgan fingerprint density at radius 3 is 2.32 bits per heavy atom. The average Bonchev–Trinajstić information content (AvgIpc) is 2.74. The van der Waals surface area contributed by atoms with E-state index in [2.05, 4.69) is 10.6 Å². The SMILES string of the molecule is CC(=O)Nc1cccc(C(=O)NC2CCN(S(=O)(=O)c3ccc([N+](=O)[O-])cc3)CC2)c1. The minimum absolute atomic E-state index is 0.00429. The summed E-state index contributed by atoms with van der Waals surface area (Å²) in [5.74, 6) is -0.539. The van der Waals surface area contributed by atoms with Gasteiger partial charge in [0.05, 0.1) is 9.82 Å². The van der Waals surface area contributed by atoms with E-state index in [1.807, 2.05) is 0 Å². The summed E-state index contributed by atoms with van der Waals surface area (Å²) in [5.41, 5.74) is 0.735. The van der Waals surface area contributed by atoms with Gasteiger partial charge in [-0.1, -0.05) is 6.07 Å². The predicted molar refractivity (Wildman–Crippen MR) is 113 cm³/mol. The van der Waals surface area contributed by atoms with Crippen molar-refractivity contribution in [1.82, 2.24) is 9.62 Å². The molecule has 0 atom stereocenters. The molecule has 0 spiro atoms. The molecule has 1 aliphatic rings. The average molecular weight is 446 g/mol. The number of benzene rings is 2. The molecular weight excluding hydrogens is 424 g/mol. The molecule has 0 saturated carbocycles. The minimum Gasteiger partial charge on any atom is -0.349 e. The standard InChI is InChI=1S/C20H22N4O6S/c1-14(25)21-17-4-2-3-15(13-17)20(26)22-16-9-11-23(12-10-16)31(29,30)19-7-5-18(6-8-19)24(27)28/h2-8,13,16H,9-12H2,1H3,(H,21,25)(H,22,26). The van der Waals surface area contributed by atoms with Crippen LogP contribution in [0.4, 0.5) is 11.4 Å². The summed E-state index contributed by atoms with van der Waals surface area (Å²) in [6, 6.07) is 11.1. The third kappa shape index (κ3) is 5.44. The zero-order valence-corrected chi connectivity index (χ0v) is 17.6. The lowest BCUT2D eigenvalue weighted by molar-refractivity contribution is -0.384. The van der Waals surface area contributed by atoms with E-state index in [0.717, 1.165) is 12.1 Å². The van der Waals surface area contributed by atoms with Crippen molar-refractivity contribution in [2.75, 3.05) is 18.4 Å². The predicted octanol–water partition coefficient (Wildman–Crippen LogP) is 2.14. The van der Waals surface area contributed by atoms with Crippen molar-refractivity contribution in [3.8, 4) is 0 Å². The van der Waals surface area contributed by atoms with Gasteiger partial charge in [-0.2, -0.15) is 4.31 Å². The number of nitrogens with zero attached hydrogens (tertiary/aromatic N) is 2. The number of sulfonamides is 1. The van der Waals surface area contributed by atoms with Crippen LogP contribution in [0.2, 0.25) is 0 Å². The van der Waals surface area contributed by atoms with Crippen LogP contribution in [0, 0.1) is 10.1 Å². The molecule has 2 amide bonds. The first-order valence-corrected chi connectivity index (χ1v) is 11.0. The van der Waals surface area contributed by atoms with E-state index < -0.39 is 14.9 Å². The van der Waals surface area contributed by atoms with Crippen molar-refractivity contribution >= 4 is 33.2 Å². The lowest BCUT2D eigenvalue weighted by atomic mass is 10.1. The van der Waals surface area contributed by atoms with Crippen LogP contribution in [-0.2, 0) is 14.8 Å². The highest BCUT2D eigenvalue weighted by Gasteiger charge is 2.30. The Kier molecular flexibility index (Phi) is 6.66. The Balaban J connectivity index is 1.59. The smallest absolute Gasteiger partial charge is 0.269 e. The number of non-ortho nitro benzene ring substituents is 1. The fourth-order valence-corrected chi connectivity index (χ4v) is 4.81. The van der Waals surface area contributed by atoms with Gasteiger partial charge in [0.15, 0.2) is 0 Å². The summed E-state index contributed by atoms with van der Waals surface area (Å²) in [6.07, 6.45) is 0.868. The van der Waals surface area contributed by atoms with Crippen LogP contribution in [-0.4, -0.2) is 48.6 Å². The van der Waals surface area contributed by atoms with Crippen molar-refractivity contribution in [2.24, 2.45) is 0 Å². The first kappa shape index (κ1) is 22.4. The van der Waals surface area contributed by atoms with Crippen molar-refractivity contribution < 1.29 is 22.9 Å². The van der Waals surface area contributed by atoms with Gasteiger partial charge in [0.25, 0.3) is 11.6 Å². The minimum atomic E-state index is -3.77. The van der Waals surface area contributed by atoms with Crippen molar-refractivity contribution in [3.63, 3.8) is 0 Å². The zero-order valence-electron chi connectivity index (χ0n) is 16.8. The summed E-state index contributed by atoms with van der Waals surface area (Å²) in [7, 11) is -3.77. The summed E-state index contributed by atoms with van der Waals surface area (Å²) in [6.45, 7) is 1.82. The number of hydrogen-bond acceptors (Lipinski definition) is 6. The molecule has 3 rings (SSSR count). The van der Waals surface area contributed by atoms with E-state index in [0.29, 0.717) is 24.1 Å². The number of amides is 2. The second kappa shape index (κ2) is 9.23.